The smallest absolute Gasteiger partial charge is 0.278 e. The van der Waals surface area contributed by atoms with Crippen LogP contribution in [-0.2, 0) is 0 Å². The number of allylic oxidation sites excluding steroid dienone is 3. The van der Waals surface area contributed by atoms with E-state index in [1.165, 1.54) is 11.3 Å². The van der Waals surface area contributed by atoms with Gasteiger partial charge >= 0.3 is 0 Å². The number of nitrogens with zero attached hydrogens (tertiary/aromatic N) is 2. The Morgan fingerprint density at radius 1 is 1.30 bits per heavy atom. The molecule has 4 rings (SSSR count). The molecule has 0 bridgehead atoms. The number of hydrogen-bond acceptors (Lipinski definition) is 4. The first-order valence-corrected chi connectivity index (χ1v) is 11.3. The highest BCUT2D eigenvalue weighted by molar-refractivity contribution is 7.17. The first-order chi connectivity index (χ1) is 15.6. The normalized spacial score (nSPS) is 16.5. The molecule has 1 aliphatic rings. The summed E-state index contributed by atoms with van der Waals surface area (Å²) in [5.74, 6) is -3.34. The molecule has 0 spiro atoms. The predicted molar refractivity (Wildman–Crippen MR) is 123 cm³/mol. The highest BCUT2D eigenvalue weighted by Gasteiger charge is 2.23. The summed E-state index contributed by atoms with van der Waals surface area (Å²) in [5.41, 5.74) is 2.22. The highest BCUT2D eigenvalue weighted by atomic mass is 32.1. The van der Waals surface area contributed by atoms with Crippen LogP contribution < -0.4 is 10.1 Å². The maximum atomic E-state index is 14.8. The van der Waals surface area contributed by atoms with Crippen molar-refractivity contribution in [3.05, 3.63) is 70.3 Å². The summed E-state index contributed by atoms with van der Waals surface area (Å²) in [7, 11) is 0. The first kappa shape index (κ1) is 23.1. The van der Waals surface area contributed by atoms with Gasteiger partial charge < -0.3 is 10.1 Å². The zero-order valence-electron chi connectivity index (χ0n) is 18.5. The lowest BCUT2D eigenvalue weighted by Gasteiger charge is -2.19. The van der Waals surface area contributed by atoms with Crippen molar-refractivity contribution < 1.29 is 22.7 Å². The number of imidazole rings is 1. The number of fused-ring (bicyclic) bond motifs is 1. The van der Waals surface area contributed by atoms with Gasteiger partial charge in [-0.05, 0) is 31.5 Å². The SMILES string of the molecule is Cc1cn2c(C(=O)NCC3C=CC(c4ccc(OCC(C)(F)F)cc4)=C(F)C3)c(C)nc2s1. The molecule has 2 heterocycles. The van der Waals surface area contributed by atoms with Gasteiger partial charge in [-0.2, -0.15) is 0 Å². The number of benzene rings is 1. The molecule has 1 N–H and O–H groups in total. The van der Waals surface area contributed by atoms with E-state index >= 15 is 0 Å². The van der Waals surface area contributed by atoms with Crippen molar-refractivity contribution in [1.29, 1.82) is 0 Å². The molecule has 1 aliphatic carbocycles. The molecule has 3 aromatic rings. The Kier molecular flexibility index (Phi) is 6.34. The van der Waals surface area contributed by atoms with E-state index < -0.39 is 12.5 Å². The van der Waals surface area contributed by atoms with Crippen LogP contribution >= 0.6 is 11.3 Å². The Morgan fingerprint density at radius 2 is 2.03 bits per heavy atom. The number of aromatic nitrogens is 2. The molecular weight excluding hydrogens is 451 g/mol. The Labute approximate surface area is 193 Å². The van der Waals surface area contributed by atoms with Gasteiger partial charge in [-0.15, -0.1) is 11.3 Å². The summed E-state index contributed by atoms with van der Waals surface area (Å²) in [6.45, 7) is 4.12. The number of nitrogens with one attached hydrogen (secondary N) is 1. The number of ether oxygens (including phenoxy) is 1. The average molecular weight is 476 g/mol. The van der Waals surface area contributed by atoms with Crippen LogP contribution in [0.1, 0.15) is 40.0 Å². The van der Waals surface area contributed by atoms with E-state index in [9.17, 15) is 18.0 Å². The maximum Gasteiger partial charge on any atom is 0.278 e. The number of halogens is 3. The summed E-state index contributed by atoms with van der Waals surface area (Å²) < 4.78 is 47.5. The molecule has 0 fully saturated rings. The van der Waals surface area contributed by atoms with Crippen molar-refractivity contribution in [1.82, 2.24) is 14.7 Å². The number of rotatable bonds is 7. The second-order valence-electron chi connectivity index (χ2n) is 8.28. The van der Waals surface area contributed by atoms with Crippen molar-refractivity contribution in [2.45, 2.75) is 33.1 Å². The quantitative estimate of drug-likeness (QED) is 0.475. The van der Waals surface area contributed by atoms with Crippen LogP contribution in [-0.4, -0.2) is 34.4 Å². The molecular formula is C24H24F3N3O2S. The van der Waals surface area contributed by atoms with Gasteiger partial charge in [0.1, 0.15) is 17.3 Å². The van der Waals surface area contributed by atoms with Crippen LogP contribution in [0.15, 0.2) is 48.4 Å². The molecule has 0 saturated carbocycles. The fourth-order valence-corrected chi connectivity index (χ4v) is 4.58. The van der Waals surface area contributed by atoms with Gasteiger partial charge in [0.15, 0.2) is 11.6 Å². The summed E-state index contributed by atoms with van der Waals surface area (Å²) >= 11 is 1.52. The van der Waals surface area contributed by atoms with Crippen LogP contribution in [0, 0.1) is 19.8 Å². The van der Waals surface area contributed by atoms with E-state index in [-0.39, 0.29) is 24.1 Å². The van der Waals surface area contributed by atoms with Gasteiger partial charge in [-0.3, -0.25) is 9.20 Å². The molecule has 2 aromatic heterocycles. The molecule has 0 aliphatic heterocycles. The lowest BCUT2D eigenvalue weighted by atomic mass is 9.92. The number of thiazole rings is 1. The van der Waals surface area contributed by atoms with E-state index in [0.29, 0.717) is 34.8 Å². The van der Waals surface area contributed by atoms with Gasteiger partial charge in [0.2, 0.25) is 0 Å². The van der Waals surface area contributed by atoms with Crippen molar-refractivity contribution in [2.75, 3.05) is 13.2 Å². The largest absolute Gasteiger partial charge is 0.487 e. The topological polar surface area (TPSA) is 55.6 Å². The van der Waals surface area contributed by atoms with E-state index in [1.807, 2.05) is 19.2 Å². The summed E-state index contributed by atoms with van der Waals surface area (Å²) in [6, 6.07) is 6.37. The molecule has 1 unspecified atom stereocenters. The van der Waals surface area contributed by atoms with Crippen LogP contribution in [0.3, 0.4) is 0 Å². The number of aryl methyl sites for hydroxylation is 2. The fraction of sp³-hybridized carbons (Fsp3) is 0.333. The summed E-state index contributed by atoms with van der Waals surface area (Å²) in [4.78, 5) is 19.0. The standard InChI is InChI=1S/C24H24F3N3O2S/c1-14-12-30-21(15(2)29-23(30)33-14)22(31)28-11-16-4-9-19(20(25)10-16)17-5-7-18(8-6-17)32-13-24(3,26)27/h4-9,12,16H,10-11,13H2,1-3H3,(H,28,31). The van der Waals surface area contributed by atoms with Crippen molar-refractivity contribution in [2.24, 2.45) is 5.92 Å². The molecule has 0 saturated heterocycles. The van der Waals surface area contributed by atoms with Gasteiger partial charge in [0.25, 0.3) is 11.8 Å². The number of alkyl halides is 2. The second-order valence-corrected chi connectivity index (χ2v) is 9.49. The van der Waals surface area contributed by atoms with E-state index in [4.69, 9.17) is 4.74 Å². The fourth-order valence-electron chi connectivity index (χ4n) is 3.71. The Morgan fingerprint density at radius 3 is 2.70 bits per heavy atom. The molecule has 1 aromatic carbocycles. The zero-order chi connectivity index (χ0) is 23.8. The third kappa shape index (κ3) is 5.30. The number of carbonyl (C=O) groups is 1. The molecule has 1 atom stereocenters. The Bertz CT molecular complexity index is 1240. The van der Waals surface area contributed by atoms with Crippen LogP contribution in [0.25, 0.3) is 10.5 Å². The molecule has 174 valence electrons. The van der Waals surface area contributed by atoms with Crippen molar-refractivity contribution in [3.63, 3.8) is 0 Å². The zero-order valence-corrected chi connectivity index (χ0v) is 19.3. The van der Waals surface area contributed by atoms with Crippen LogP contribution in [0.4, 0.5) is 13.2 Å². The van der Waals surface area contributed by atoms with Gasteiger partial charge in [-0.1, -0.05) is 24.3 Å². The third-order valence-electron chi connectivity index (χ3n) is 5.28. The first-order valence-electron chi connectivity index (χ1n) is 10.5. The minimum absolute atomic E-state index is 0.158. The van der Waals surface area contributed by atoms with Crippen molar-refractivity contribution in [3.8, 4) is 5.75 Å². The van der Waals surface area contributed by atoms with Gasteiger partial charge in [0.05, 0.1) is 5.69 Å². The summed E-state index contributed by atoms with van der Waals surface area (Å²) in [6.07, 6.45) is 5.60. The summed E-state index contributed by atoms with van der Waals surface area (Å²) in [5, 5.41) is 2.89. The van der Waals surface area contributed by atoms with E-state index in [0.717, 1.165) is 16.8 Å². The molecule has 0 radical (unpaired) electrons. The number of amides is 1. The number of carbonyl (C=O) groups excluding carboxylic acids is 1. The molecule has 9 heteroatoms. The predicted octanol–water partition coefficient (Wildman–Crippen LogP) is 5.73. The molecule has 1 amide bonds. The highest BCUT2D eigenvalue weighted by Crippen LogP contribution is 2.32. The molecule has 5 nitrogen and oxygen atoms in total. The number of hydrogen-bond donors (Lipinski definition) is 1. The average Bonchev–Trinajstić information content (AvgIpc) is 3.24. The molecule has 33 heavy (non-hydrogen) atoms. The minimum Gasteiger partial charge on any atom is -0.487 e. The monoisotopic (exact) mass is 475 g/mol. The Hall–Kier alpha value is -3.07. The van der Waals surface area contributed by atoms with Crippen molar-refractivity contribution >= 4 is 27.8 Å². The van der Waals surface area contributed by atoms with E-state index in [2.05, 4.69) is 10.3 Å². The third-order valence-corrected chi connectivity index (χ3v) is 6.18. The van der Waals surface area contributed by atoms with Crippen LogP contribution in [0.2, 0.25) is 0 Å². The maximum absolute atomic E-state index is 14.8. The lowest BCUT2D eigenvalue weighted by molar-refractivity contribution is -0.0229. The van der Waals surface area contributed by atoms with Gasteiger partial charge in [0, 0.05) is 42.5 Å². The second kappa shape index (κ2) is 9.05. The lowest BCUT2D eigenvalue weighted by Crippen LogP contribution is -2.30. The van der Waals surface area contributed by atoms with E-state index in [1.54, 1.807) is 41.7 Å². The Balaban J connectivity index is 1.37. The minimum atomic E-state index is -2.92. The van der Waals surface area contributed by atoms with Crippen LogP contribution in [0.5, 0.6) is 5.75 Å². The van der Waals surface area contributed by atoms with Gasteiger partial charge in [-0.25, -0.2) is 18.2 Å².